The quantitative estimate of drug-likeness (QED) is 0.296. The third-order valence-electron chi connectivity index (χ3n) is 6.19. The maximum Gasteiger partial charge on any atom is 0.321 e. The van der Waals surface area contributed by atoms with E-state index in [4.69, 9.17) is 11.6 Å². The van der Waals surface area contributed by atoms with Crippen LogP contribution in [-0.4, -0.2) is 41.0 Å². The summed E-state index contributed by atoms with van der Waals surface area (Å²) < 4.78 is 0.809. The van der Waals surface area contributed by atoms with Crippen molar-refractivity contribution in [1.29, 1.82) is 0 Å². The molecule has 184 valence electrons. The Kier molecular flexibility index (Phi) is 7.18. The largest absolute Gasteiger partial charge is 0.334 e. The summed E-state index contributed by atoms with van der Waals surface area (Å²) in [6.07, 6.45) is 0.906. The van der Waals surface area contributed by atoms with Crippen molar-refractivity contribution in [2.24, 2.45) is 0 Å². The minimum absolute atomic E-state index is 0.0895. The zero-order valence-corrected chi connectivity index (χ0v) is 21.3. The maximum atomic E-state index is 12.8. The molecule has 1 atom stereocenters. The Labute approximate surface area is 218 Å². The van der Waals surface area contributed by atoms with Gasteiger partial charge in [0.2, 0.25) is 0 Å². The molecular weight excluding hydrogens is 494 g/mol. The highest BCUT2D eigenvalue weighted by Gasteiger charge is 2.24. The number of likely N-dealkylation sites (tertiary alicyclic amines) is 1. The Morgan fingerprint density at radius 1 is 1.08 bits per heavy atom. The molecule has 7 nitrogen and oxygen atoms in total. The number of rotatable bonds is 6. The molecule has 1 aliphatic heterocycles. The van der Waals surface area contributed by atoms with Crippen LogP contribution in [0.15, 0.2) is 66.7 Å². The minimum atomic E-state index is -0.271. The molecule has 2 heterocycles. The summed E-state index contributed by atoms with van der Waals surface area (Å²) in [7, 11) is 0. The molecule has 4 aromatic rings. The van der Waals surface area contributed by atoms with E-state index in [0.717, 1.165) is 41.8 Å². The van der Waals surface area contributed by atoms with E-state index in [1.807, 2.05) is 37.3 Å². The number of thiazole rings is 1. The SMILES string of the molecule is Cc1cccc(Cl)c1NC(=O)c1ccc2nc(NC(=O)N[C@@H]3CCN(Cc4ccccc4)C3)sc2c1. The van der Waals surface area contributed by atoms with E-state index in [2.05, 4.69) is 38.0 Å². The van der Waals surface area contributed by atoms with Gasteiger partial charge in [-0.1, -0.05) is 65.4 Å². The number of benzene rings is 3. The summed E-state index contributed by atoms with van der Waals surface area (Å²) >= 11 is 7.57. The molecule has 1 aromatic heterocycles. The molecule has 0 spiro atoms. The highest BCUT2D eigenvalue weighted by molar-refractivity contribution is 7.22. The van der Waals surface area contributed by atoms with E-state index in [9.17, 15) is 9.59 Å². The zero-order valence-electron chi connectivity index (χ0n) is 19.8. The van der Waals surface area contributed by atoms with Crippen LogP contribution in [0.25, 0.3) is 10.2 Å². The number of anilines is 2. The topological polar surface area (TPSA) is 86.4 Å². The Morgan fingerprint density at radius 2 is 1.92 bits per heavy atom. The second-order valence-electron chi connectivity index (χ2n) is 8.89. The van der Waals surface area contributed by atoms with Crippen molar-refractivity contribution in [3.63, 3.8) is 0 Å². The Morgan fingerprint density at radius 3 is 2.72 bits per heavy atom. The van der Waals surface area contributed by atoms with Crippen LogP contribution in [0.3, 0.4) is 0 Å². The third-order valence-corrected chi connectivity index (χ3v) is 7.44. The van der Waals surface area contributed by atoms with Crippen molar-refractivity contribution < 1.29 is 9.59 Å². The fraction of sp³-hybridized carbons (Fsp3) is 0.222. The molecule has 3 aromatic carbocycles. The number of hydrogen-bond acceptors (Lipinski definition) is 5. The number of halogens is 1. The van der Waals surface area contributed by atoms with Crippen LogP contribution < -0.4 is 16.0 Å². The Bertz CT molecular complexity index is 1390. The summed E-state index contributed by atoms with van der Waals surface area (Å²) in [6, 6.07) is 20.9. The number of para-hydroxylation sites is 1. The van der Waals surface area contributed by atoms with Crippen LogP contribution >= 0.6 is 22.9 Å². The van der Waals surface area contributed by atoms with E-state index in [1.54, 1.807) is 24.3 Å². The van der Waals surface area contributed by atoms with Gasteiger partial charge in [0.15, 0.2) is 5.13 Å². The van der Waals surface area contributed by atoms with Crippen LogP contribution in [0.5, 0.6) is 0 Å². The van der Waals surface area contributed by atoms with Gasteiger partial charge in [0.25, 0.3) is 5.91 Å². The first-order valence-electron chi connectivity index (χ1n) is 11.8. The van der Waals surface area contributed by atoms with Gasteiger partial charge in [-0.25, -0.2) is 9.78 Å². The smallest absolute Gasteiger partial charge is 0.321 e. The second-order valence-corrected chi connectivity index (χ2v) is 10.3. The number of nitrogens with one attached hydrogen (secondary N) is 3. The van der Waals surface area contributed by atoms with Gasteiger partial charge in [-0.3, -0.25) is 15.0 Å². The van der Waals surface area contributed by atoms with Crippen LogP contribution in [-0.2, 0) is 6.54 Å². The van der Waals surface area contributed by atoms with Gasteiger partial charge in [-0.2, -0.15) is 0 Å². The maximum absolute atomic E-state index is 12.8. The standard InChI is InChI=1S/C27H26ClN5O2S/c1-17-6-5-9-21(28)24(17)31-25(34)19-10-11-22-23(14-19)36-27(30-22)32-26(35)29-20-12-13-33(16-20)15-18-7-3-2-4-8-18/h2-11,14,20H,12-13,15-16H2,1H3,(H,31,34)(H2,29,30,32,35)/t20-/m1/s1. The molecular formula is C27H26ClN5O2S. The number of amides is 3. The average Bonchev–Trinajstić information content (AvgIpc) is 3.47. The highest BCUT2D eigenvalue weighted by atomic mass is 35.5. The van der Waals surface area contributed by atoms with E-state index in [0.29, 0.717) is 21.4 Å². The van der Waals surface area contributed by atoms with Gasteiger partial charge >= 0.3 is 6.03 Å². The molecule has 36 heavy (non-hydrogen) atoms. The van der Waals surface area contributed by atoms with Crippen molar-refractivity contribution in [2.75, 3.05) is 23.7 Å². The van der Waals surface area contributed by atoms with Crippen molar-refractivity contribution in [2.45, 2.75) is 25.9 Å². The zero-order chi connectivity index (χ0) is 25.1. The first-order valence-corrected chi connectivity index (χ1v) is 12.9. The lowest BCUT2D eigenvalue weighted by Crippen LogP contribution is -2.39. The second kappa shape index (κ2) is 10.7. The van der Waals surface area contributed by atoms with Crippen molar-refractivity contribution in [1.82, 2.24) is 15.2 Å². The van der Waals surface area contributed by atoms with Crippen LogP contribution in [0.4, 0.5) is 15.6 Å². The molecule has 5 rings (SSSR count). The fourth-order valence-electron chi connectivity index (χ4n) is 4.35. The van der Waals surface area contributed by atoms with Crippen LogP contribution in [0, 0.1) is 6.92 Å². The summed E-state index contributed by atoms with van der Waals surface area (Å²) in [5.74, 6) is -0.255. The van der Waals surface area contributed by atoms with Crippen LogP contribution in [0.2, 0.25) is 5.02 Å². The highest BCUT2D eigenvalue weighted by Crippen LogP contribution is 2.29. The molecule has 1 fully saturated rings. The molecule has 0 radical (unpaired) electrons. The molecule has 1 aliphatic rings. The average molecular weight is 520 g/mol. The minimum Gasteiger partial charge on any atom is -0.334 e. The lowest BCUT2D eigenvalue weighted by molar-refractivity contribution is 0.102. The summed E-state index contributed by atoms with van der Waals surface area (Å²) in [6.45, 7) is 4.53. The number of aromatic nitrogens is 1. The molecule has 0 unspecified atom stereocenters. The molecule has 1 saturated heterocycles. The van der Waals surface area contributed by atoms with Gasteiger partial charge in [0, 0.05) is 31.2 Å². The predicted molar refractivity (Wildman–Crippen MR) is 146 cm³/mol. The number of carbonyl (C=O) groups is 2. The fourth-order valence-corrected chi connectivity index (χ4v) is 5.52. The monoisotopic (exact) mass is 519 g/mol. The van der Waals surface area contributed by atoms with Gasteiger partial charge < -0.3 is 10.6 Å². The van der Waals surface area contributed by atoms with Crippen LogP contribution in [0.1, 0.15) is 27.9 Å². The number of nitrogens with zero attached hydrogens (tertiary/aromatic N) is 2. The first-order chi connectivity index (χ1) is 17.4. The van der Waals surface area contributed by atoms with Gasteiger partial charge in [0.1, 0.15) is 0 Å². The molecule has 0 bridgehead atoms. The van der Waals surface area contributed by atoms with E-state index >= 15 is 0 Å². The van der Waals surface area contributed by atoms with Crippen molar-refractivity contribution in [3.05, 3.63) is 88.4 Å². The molecule has 3 N–H and O–H groups in total. The molecule has 9 heteroatoms. The normalized spacial score (nSPS) is 15.7. The van der Waals surface area contributed by atoms with Gasteiger partial charge in [-0.05, 0) is 48.7 Å². The van der Waals surface area contributed by atoms with Gasteiger partial charge in [-0.15, -0.1) is 0 Å². The lowest BCUT2D eigenvalue weighted by atomic mass is 10.1. The van der Waals surface area contributed by atoms with E-state index in [1.165, 1.54) is 16.9 Å². The third kappa shape index (κ3) is 5.67. The number of aryl methyl sites for hydroxylation is 1. The summed E-state index contributed by atoms with van der Waals surface area (Å²) in [5.41, 5.74) is 3.97. The summed E-state index contributed by atoms with van der Waals surface area (Å²) in [4.78, 5) is 32.3. The van der Waals surface area contributed by atoms with Crippen molar-refractivity contribution >= 4 is 55.9 Å². The number of urea groups is 1. The van der Waals surface area contributed by atoms with Gasteiger partial charge in [0.05, 0.1) is 20.9 Å². The lowest BCUT2D eigenvalue weighted by Gasteiger charge is -2.16. The molecule has 3 amide bonds. The first kappa shape index (κ1) is 24.2. The summed E-state index contributed by atoms with van der Waals surface area (Å²) in [5, 5.41) is 9.77. The Hall–Kier alpha value is -3.46. The van der Waals surface area contributed by atoms with E-state index < -0.39 is 0 Å². The molecule has 0 saturated carbocycles. The number of carbonyl (C=O) groups excluding carboxylic acids is 2. The number of hydrogen-bond donors (Lipinski definition) is 3. The molecule has 0 aliphatic carbocycles. The Balaban J connectivity index is 1.18. The number of fused-ring (bicyclic) bond motifs is 1. The van der Waals surface area contributed by atoms with Crippen molar-refractivity contribution in [3.8, 4) is 0 Å². The van der Waals surface area contributed by atoms with E-state index in [-0.39, 0.29) is 18.0 Å². The predicted octanol–water partition coefficient (Wildman–Crippen LogP) is 5.91.